The van der Waals surface area contributed by atoms with E-state index in [1.165, 1.54) is 60.9 Å². The highest BCUT2D eigenvalue weighted by Gasteiger charge is 2.28. The Morgan fingerprint density at radius 2 is 0.780 bits per heavy atom. The topological polar surface area (TPSA) is 24.7 Å². The Hall–Kier alpha value is -6.64. The van der Waals surface area contributed by atoms with E-state index in [2.05, 4.69) is 182 Å². The Kier molecular flexibility index (Phi) is 6.53. The van der Waals surface area contributed by atoms with Crippen molar-refractivity contribution < 1.29 is 0 Å². The maximum Gasteiger partial charge on any atom is 0.0817 e. The molecule has 0 bridgehead atoms. The van der Waals surface area contributed by atoms with E-state index in [0.29, 0.717) is 0 Å². The number of benzene rings is 8. The van der Waals surface area contributed by atoms with E-state index >= 15 is 0 Å². The molecule has 2 nitrogen and oxygen atoms in total. The third-order valence-corrected chi connectivity index (χ3v) is 10.1. The van der Waals surface area contributed by atoms with Gasteiger partial charge in [-0.3, -0.25) is 0 Å². The predicted molar refractivity (Wildman–Crippen MR) is 205 cm³/mol. The summed E-state index contributed by atoms with van der Waals surface area (Å²) < 4.78 is 0. The molecule has 2 aliphatic heterocycles. The fourth-order valence-corrected chi connectivity index (χ4v) is 7.85. The molecule has 0 aromatic heterocycles. The molecule has 10 rings (SSSR count). The maximum absolute atomic E-state index is 5.24. The zero-order chi connectivity index (χ0) is 33.0. The van der Waals surface area contributed by atoms with Gasteiger partial charge in [-0.05, 0) is 74.3 Å². The van der Waals surface area contributed by atoms with Crippen molar-refractivity contribution in [2.24, 2.45) is 9.98 Å². The lowest BCUT2D eigenvalue weighted by molar-refractivity contribution is 1.36. The van der Waals surface area contributed by atoms with Crippen LogP contribution in [0.2, 0.25) is 0 Å². The molecule has 0 radical (unpaired) electrons. The van der Waals surface area contributed by atoms with Crippen LogP contribution in [0.1, 0.15) is 0 Å². The van der Waals surface area contributed by atoms with Crippen LogP contribution in [0.5, 0.6) is 0 Å². The van der Waals surface area contributed by atoms with Crippen molar-refractivity contribution >= 4 is 11.4 Å². The first-order valence-corrected chi connectivity index (χ1v) is 17.1. The van der Waals surface area contributed by atoms with Crippen LogP contribution in [-0.2, 0) is 0 Å². The molecular weight excluding hydrogens is 605 g/mol. The van der Waals surface area contributed by atoms with E-state index < -0.39 is 0 Å². The lowest BCUT2D eigenvalue weighted by Gasteiger charge is -2.21. The summed E-state index contributed by atoms with van der Waals surface area (Å²) in [5, 5.41) is 4.31. The van der Waals surface area contributed by atoms with Crippen molar-refractivity contribution in [3.05, 3.63) is 203 Å². The number of hydrogen-bond acceptors (Lipinski definition) is 2. The monoisotopic (exact) mass is 634 g/mol. The molecule has 2 heteroatoms. The van der Waals surface area contributed by atoms with Crippen molar-refractivity contribution in [3.63, 3.8) is 0 Å². The molecule has 0 aliphatic carbocycles. The van der Waals surface area contributed by atoms with Gasteiger partial charge in [0.05, 0.1) is 22.1 Å². The molecule has 0 fully saturated rings. The molecule has 8 aromatic carbocycles. The van der Waals surface area contributed by atoms with Crippen molar-refractivity contribution in [1.82, 2.24) is 0 Å². The number of hydrogen-bond donors (Lipinski definition) is 0. The first-order valence-electron chi connectivity index (χ1n) is 17.1. The minimum absolute atomic E-state index is 0.969. The molecule has 0 atom stereocenters. The first-order chi connectivity index (χ1) is 24.8. The fraction of sp³-hybridized carbons (Fsp3) is 0. The Bertz CT molecular complexity index is 2860. The van der Waals surface area contributed by atoms with Crippen LogP contribution >= 0.6 is 0 Å². The number of para-hydroxylation sites is 1. The summed E-state index contributed by atoms with van der Waals surface area (Å²) in [4.78, 5) is 10.5. The second-order valence-electron chi connectivity index (χ2n) is 12.8. The second kappa shape index (κ2) is 11.5. The maximum atomic E-state index is 5.24. The Morgan fingerprint density at radius 3 is 1.46 bits per heavy atom. The SMILES string of the molecule is c1ccc(-c2ccccc2-c2ccccc2-c2ccccc2-c2c(-c3ccccc3)ccc3c2-c2c4c(ccc2=N3)=c2ccccc2=N4)cc1. The van der Waals surface area contributed by atoms with E-state index in [1.54, 1.807) is 0 Å². The third-order valence-electron chi connectivity index (χ3n) is 10.1. The average molecular weight is 635 g/mol. The van der Waals surface area contributed by atoms with Crippen LogP contribution in [0.25, 0.3) is 66.8 Å². The molecule has 232 valence electrons. The molecule has 2 heterocycles. The Labute approximate surface area is 290 Å². The summed E-state index contributed by atoms with van der Waals surface area (Å²) in [6.07, 6.45) is 0. The Morgan fingerprint density at radius 1 is 0.260 bits per heavy atom. The highest BCUT2D eigenvalue weighted by atomic mass is 14.8. The molecule has 0 spiro atoms. The number of nitrogens with zero attached hydrogens (tertiary/aromatic N) is 2. The standard InChI is InChI=1S/C48H30N2/c1-3-15-31(16-4-1)33-19-7-8-20-35(33)36-21-9-10-22-37(36)38-23-11-12-25-40(38)45-34(32-17-5-2-6-18-32)27-29-43-46(45)47-44(49-43)30-28-41-39-24-13-14-26-42(39)50-48(41)47/h1-30H. The zero-order valence-electron chi connectivity index (χ0n) is 27.2. The van der Waals surface area contributed by atoms with Crippen LogP contribution in [0.4, 0.5) is 11.4 Å². The highest BCUT2D eigenvalue weighted by Crippen LogP contribution is 2.52. The lowest BCUT2D eigenvalue weighted by Crippen LogP contribution is -2.01. The molecule has 8 aromatic rings. The normalized spacial score (nSPS) is 11.9. The quantitative estimate of drug-likeness (QED) is 0.180. The summed E-state index contributed by atoms with van der Waals surface area (Å²) >= 11 is 0. The van der Waals surface area contributed by atoms with E-state index in [-0.39, 0.29) is 0 Å². The van der Waals surface area contributed by atoms with E-state index in [1.807, 2.05) is 0 Å². The summed E-state index contributed by atoms with van der Waals surface area (Å²) in [7, 11) is 0. The summed E-state index contributed by atoms with van der Waals surface area (Å²) in [5.74, 6) is 0. The van der Waals surface area contributed by atoms with Crippen LogP contribution in [0.3, 0.4) is 0 Å². The number of rotatable bonds is 5. The largest absolute Gasteiger partial charge is 0.248 e. The molecule has 0 N–H and O–H groups in total. The van der Waals surface area contributed by atoms with E-state index in [4.69, 9.17) is 9.98 Å². The highest BCUT2D eigenvalue weighted by molar-refractivity contribution is 6.07. The second-order valence-corrected chi connectivity index (χ2v) is 12.8. The summed E-state index contributed by atoms with van der Waals surface area (Å²) in [6, 6.07) is 65.1. The molecular formula is C48H30N2. The van der Waals surface area contributed by atoms with Gasteiger partial charge in [0, 0.05) is 27.1 Å². The number of fused-ring (bicyclic) bond motifs is 6. The van der Waals surface area contributed by atoms with Gasteiger partial charge in [-0.2, -0.15) is 0 Å². The minimum Gasteiger partial charge on any atom is -0.248 e. The third kappa shape index (κ3) is 4.43. The van der Waals surface area contributed by atoms with Gasteiger partial charge in [0.2, 0.25) is 0 Å². The summed E-state index contributed by atoms with van der Waals surface area (Å²) in [5.41, 5.74) is 16.1. The van der Waals surface area contributed by atoms with Gasteiger partial charge in [0.1, 0.15) is 0 Å². The van der Waals surface area contributed by atoms with Gasteiger partial charge in [-0.25, -0.2) is 9.98 Å². The average Bonchev–Trinajstić information content (AvgIpc) is 3.77. The fourth-order valence-electron chi connectivity index (χ4n) is 7.85. The molecule has 0 saturated carbocycles. The van der Waals surface area contributed by atoms with Crippen molar-refractivity contribution in [2.45, 2.75) is 0 Å². The van der Waals surface area contributed by atoms with Gasteiger partial charge < -0.3 is 0 Å². The molecule has 0 saturated heterocycles. The van der Waals surface area contributed by atoms with Crippen molar-refractivity contribution in [3.8, 4) is 66.8 Å². The van der Waals surface area contributed by atoms with Gasteiger partial charge >= 0.3 is 0 Å². The minimum atomic E-state index is 0.969. The molecule has 50 heavy (non-hydrogen) atoms. The van der Waals surface area contributed by atoms with Gasteiger partial charge in [-0.1, -0.05) is 158 Å². The lowest BCUT2D eigenvalue weighted by atomic mass is 9.82. The molecule has 0 unspecified atom stereocenters. The first kappa shape index (κ1) is 28.4. The van der Waals surface area contributed by atoms with Crippen LogP contribution in [0.15, 0.2) is 192 Å². The predicted octanol–water partition coefficient (Wildman–Crippen LogP) is 11.5. The Balaban J connectivity index is 1.27. The van der Waals surface area contributed by atoms with Crippen LogP contribution < -0.4 is 10.7 Å². The van der Waals surface area contributed by atoms with Crippen molar-refractivity contribution in [1.29, 1.82) is 0 Å². The zero-order valence-corrected chi connectivity index (χ0v) is 27.2. The van der Waals surface area contributed by atoms with Gasteiger partial charge in [0.15, 0.2) is 0 Å². The van der Waals surface area contributed by atoms with Gasteiger partial charge in [0.25, 0.3) is 0 Å². The molecule has 2 aliphatic rings. The van der Waals surface area contributed by atoms with Crippen LogP contribution in [0, 0.1) is 10.4 Å². The smallest absolute Gasteiger partial charge is 0.0817 e. The summed E-state index contributed by atoms with van der Waals surface area (Å²) in [6.45, 7) is 0. The van der Waals surface area contributed by atoms with Crippen LogP contribution in [-0.4, -0.2) is 0 Å². The molecule has 0 amide bonds. The van der Waals surface area contributed by atoms with Gasteiger partial charge in [-0.15, -0.1) is 0 Å². The van der Waals surface area contributed by atoms with E-state index in [9.17, 15) is 0 Å². The van der Waals surface area contributed by atoms with E-state index in [0.717, 1.165) is 38.4 Å². The van der Waals surface area contributed by atoms with Crippen molar-refractivity contribution in [2.75, 3.05) is 0 Å².